The maximum atomic E-state index is 12.5. The molecule has 0 spiro atoms. The van der Waals surface area contributed by atoms with Gasteiger partial charge in [-0.1, -0.05) is 0 Å². The first-order valence-electron chi connectivity index (χ1n) is 4.98. The zero-order valence-corrected chi connectivity index (χ0v) is 8.84. The quantitative estimate of drug-likeness (QED) is 0.680. The number of ether oxygens (including phenoxy) is 1. The molecule has 0 amide bonds. The van der Waals surface area contributed by atoms with E-state index in [1.54, 1.807) is 0 Å². The topological polar surface area (TPSA) is 12.5 Å². The molecule has 0 saturated carbocycles. The number of alkyl halides is 3. The molecule has 1 aliphatic heterocycles. The Hall–Kier alpha value is -1.23. The van der Waals surface area contributed by atoms with Crippen LogP contribution in [0.1, 0.15) is 11.1 Å². The Kier molecular flexibility index (Phi) is 2.80. The van der Waals surface area contributed by atoms with Crippen molar-refractivity contribution in [2.75, 3.05) is 20.2 Å². The van der Waals surface area contributed by atoms with Crippen molar-refractivity contribution >= 4 is 0 Å². The Labute approximate surface area is 91.6 Å². The lowest BCUT2D eigenvalue weighted by molar-refractivity contribution is -0.137. The summed E-state index contributed by atoms with van der Waals surface area (Å²) in [5, 5.41) is 0. The smallest absolute Gasteiger partial charge is 0.416 e. The minimum absolute atomic E-state index is 0.485. The Morgan fingerprint density at radius 1 is 1.31 bits per heavy atom. The molecule has 0 unspecified atom stereocenters. The molecule has 0 saturated heterocycles. The fourth-order valence-corrected chi connectivity index (χ4v) is 1.70. The minimum atomic E-state index is -4.29. The Morgan fingerprint density at radius 3 is 2.75 bits per heavy atom. The molecule has 5 heteroatoms. The second kappa shape index (κ2) is 3.97. The SMILES string of the molecule is CN1CCOc2ccc(C(F)(F)F)cc2C1. The standard InChI is InChI=1S/C11H12F3NO/c1-15-4-5-16-10-3-2-9(11(12,13)14)6-8(10)7-15/h2-3,6H,4-5,7H2,1H3. The van der Waals surface area contributed by atoms with Gasteiger partial charge in [-0.2, -0.15) is 13.2 Å². The van der Waals surface area contributed by atoms with Gasteiger partial charge in [0.05, 0.1) is 5.56 Å². The second-order valence-electron chi connectivity index (χ2n) is 3.91. The number of nitrogens with zero attached hydrogens (tertiary/aromatic N) is 1. The summed E-state index contributed by atoms with van der Waals surface area (Å²) in [5.74, 6) is 0.553. The van der Waals surface area contributed by atoms with E-state index in [-0.39, 0.29) is 0 Å². The van der Waals surface area contributed by atoms with E-state index in [4.69, 9.17) is 4.74 Å². The van der Waals surface area contributed by atoms with Crippen molar-refractivity contribution in [2.45, 2.75) is 12.7 Å². The molecule has 0 atom stereocenters. The summed E-state index contributed by atoms with van der Waals surface area (Å²) in [7, 11) is 1.86. The fourth-order valence-electron chi connectivity index (χ4n) is 1.70. The van der Waals surface area contributed by atoms with Crippen LogP contribution in [0.3, 0.4) is 0 Å². The van der Waals surface area contributed by atoms with E-state index in [0.717, 1.165) is 18.7 Å². The number of likely N-dealkylation sites (N-methyl/N-ethyl adjacent to an activating group) is 1. The molecule has 1 aromatic rings. The van der Waals surface area contributed by atoms with Gasteiger partial charge in [0, 0.05) is 18.7 Å². The molecule has 0 bridgehead atoms. The normalized spacial score (nSPS) is 17.5. The monoisotopic (exact) mass is 231 g/mol. The molecule has 2 rings (SSSR count). The van der Waals surface area contributed by atoms with E-state index >= 15 is 0 Å². The third kappa shape index (κ3) is 2.29. The predicted octanol–water partition coefficient (Wildman–Crippen LogP) is 2.53. The number of hydrogen-bond acceptors (Lipinski definition) is 2. The lowest BCUT2D eigenvalue weighted by Gasteiger charge is -2.13. The van der Waals surface area contributed by atoms with Crippen molar-refractivity contribution in [1.29, 1.82) is 0 Å². The molecule has 1 heterocycles. The summed E-state index contributed by atoms with van der Waals surface area (Å²) in [6.45, 7) is 1.71. The molecule has 88 valence electrons. The van der Waals surface area contributed by atoms with E-state index < -0.39 is 11.7 Å². The van der Waals surface area contributed by atoms with Gasteiger partial charge in [-0.05, 0) is 25.2 Å². The van der Waals surface area contributed by atoms with Gasteiger partial charge in [0.2, 0.25) is 0 Å². The van der Waals surface area contributed by atoms with Gasteiger partial charge < -0.3 is 4.74 Å². The summed E-state index contributed by atoms with van der Waals surface area (Å²) < 4.78 is 42.9. The van der Waals surface area contributed by atoms with Crippen LogP contribution in [0.25, 0.3) is 0 Å². The average molecular weight is 231 g/mol. The Bertz CT molecular complexity index is 389. The van der Waals surface area contributed by atoms with Gasteiger partial charge in [-0.25, -0.2) is 0 Å². The van der Waals surface area contributed by atoms with Gasteiger partial charge in [0.15, 0.2) is 0 Å². The summed E-state index contributed by atoms with van der Waals surface area (Å²) >= 11 is 0. The Morgan fingerprint density at radius 2 is 2.06 bits per heavy atom. The van der Waals surface area contributed by atoms with Crippen molar-refractivity contribution in [3.05, 3.63) is 29.3 Å². The van der Waals surface area contributed by atoms with E-state index in [0.29, 0.717) is 24.5 Å². The molecule has 0 aromatic heterocycles. The van der Waals surface area contributed by atoms with Crippen molar-refractivity contribution < 1.29 is 17.9 Å². The minimum Gasteiger partial charge on any atom is -0.492 e. The number of rotatable bonds is 0. The maximum Gasteiger partial charge on any atom is 0.416 e. The maximum absolute atomic E-state index is 12.5. The number of fused-ring (bicyclic) bond motifs is 1. The van der Waals surface area contributed by atoms with Gasteiger partial charge in [0.25, 0.3) is 0 Å². The molecule has 0 N–H and O–H groups in total. The molecule has 0 fully saturated rings. The van der Waals surface area contributed by atoms with Gasteiger partial charge in [0.1, 0.15) is 12.4 Å². The van der Waals surface area contributed by atoms with Crippen LogP contribution in [-0.2, 0) is 12.7 Å². The Balaban J connectivity index is 2.37. The summed E-state index contributed by atoms with van der Waals surface area (Å²) in [6, 6.07) is 3.62. The first-order chi connectivity index (χ1) is 7.47. The van der Waals surface area contributed by atoms with E-state index in [1.807, 2.05) is 11.9 Å². The van der Waals surface area contributed by atoms with E-state index in [1.165, 1.54) is 6.07 Å². The van der Waals surface area contributed by atoms with Gasteiger partial charge >= 0.3 is 6.18 Å². The molecule has 2 nitrogen and oxygen atoms in total. The molecule has 16 heavy (non-hydrogen) atoms. The molecule has 1 aromatic carbocycles. The summed E-state index contributed by atoms with van der Waals surface area (Å²) in [5.41, 5.74) is -0.0278. The van der Waals surface area contributed by atoms with Crippen LogP contribution in [-0.4, -0.2) is 25.1 Å². The van der Waals surface area contributed by atoms with Crippen molar-refractivity contribution in [3.63, 3.8) is 0 Å². The van der Waals surface area contributed by atoms with Crippen molar-refractivity contribution in [3.8, 4) is 5.75 Å². The highest BCUT2D eigenvalue weighted by Gasteiger charge is 2.31. The number of halogens is 3. The molecular weight excluding hydrogens is 219 g/mol. The van der Waals surface area contributed by atoms with Crippen molar-refractivity contribution in [2.24, 2.45) is 0 Å². The zero-order valence-electron chi connectivity index (χ0n) is 8.84. The summed E-state index contributed by atoms with van der Waals surface area (Å²) in [6.07, 6.45) is -4.29. The largest absolute Gasteiger partial charge is 0.492 e. The fraction of sp³-hybridized carbons (Fsp3) is 0.455. The predicted molar refractivity (Wildman–Crippen MR) is 53.3 cm³/mol. The third-order valence-corrected chi connectivity index (χ3v) is 2.56. The molecule has 0 radical (unpaired) electrons. The molecule has 0 aliphatic carbocycles. The van der Waals surface area contributed by atoms with Crippen LogP contribution in [0.5, 0.6) is 5.75 Å². The highest BCUT2D eigenvalue weighted by atomic mass is 19.4. The first-order valence-corrected chi connectivity index (χ1v) is 4.98. The van der Waals surface area contributed by atoms with E-state index in [9.17, 15) is 13.2 Å². The number of benzene rings is 1. The van der Waals surface area contributed by atoms with Crippen LogP contribution < -0.4 is 4.74 Å². The second-order valence-corrected chi connectivity index (χ2v) is 3.91. The van der Waals surface area contributed by atoms with Crippen molar-refractivity contribution in [1.82, 2.24) is 4.90 Å². The average Bonchev–Trinajstić information content (AvgIpc) is 2.35. The third-order valence-electron chi connectivity index (χ3n) is 2.56. The molecule has 1 aliphatic rings. The van der Waals surface area contributed by atoms with Crippen LogP contribution in [0.2, 0.25) is 0 Å². The van der Waals surface area contributed by atoms with Crippen LogP contribution in [0, 0.1) is 0 Å². The zero-order chi connectivity index (χ0) is 11.8. The first kappa shape index (κ1) is 11.3. The molecular formula is C11H12F3NO. The van der Waals surface area contributed by atoms with Crippen LogP contribution in [0.15, 0.2) is 18.2 Å². The van der Waals surface area contributed by atoms with E-state index in [2.05, 4.69) is 0 Å². The lowest BCUT2D eigenvalue weighted by Crippen LogP contribution is -2.20. The van der Waals surface area contributed by atoms with Gasteiger partial charge in [-0.15, -0.1) is 0 Å². The highest BCUT2D eigenvalue weighted by Crippen LogP contribution is 2.33. The van der Waals surface area contributed by atoms with Crippen LogP contribution >= 0.6 is 0 Å². The summed E-state index contributed by atoms with van der Waals surface area (Å²) in [4.78, 5) is 1.94. The highest BCUT2D eigenvalue weighted by molar-refractivity contribution is 5.38. The lowest BCUT2D eigenvalue weighted by atomic mass is 10.1. The number of hydrogen-bond donors (Lipinski definition) is 0. The van der Waals surface area contributed by atoms with Crippen LogP contribution in [0.4, 0.5) is 13.2 Å². The van der Waals surface area contributed by atoms with Gasteiger partial charge in [-0.3, -0.25) is 4.90 Å².